The Bertz CT molecular complexity index is 1170. The van der Waals surface area contributed by atoms with Crippen LogP contribution in [0.3, 0.4) is 0 Å². The fraction of sp³-hybridized carbons (Fsp3) is 0.480. The summed E-state index contributed by atoms with van der Waals surface area (Å²) in [7, 11) is 0. The average molecular weight is 466 g/mol. The normalized spacial score (nSPS) is 16.2. The number of unbranched alkanes of at least 4 members (excludes halogenated alkanes) is 1. The van der Waals surface area contributed by atoms with Gasteiger partial charge >= 0.3 is 0 Å². The van der Waals surface area contributed by atoms with Crippen molar-refractivity contribution in [3.05, 3.63) is 30.2 Å². The van der Waals surface area contributed by atoms with Crippen LogP contribution < -0.4 is 19.5 Å². The second-order valence-corrected chi connectivity index (χ2v) is 8.70. The zero-order valence-corrected chi connectivity index (χ0v) is 19.7. The van der Waals surface area contributed by atoms with E-state index in [0.29, 0.717) is 51.7 Å². The molecule has 0 saturated carbocycles. The zero-order chi connectivity index (χ0) is 23.5. The van der Waals surface area contributed by atoms with Gasteiger partial charge in [-0.1, -0.05) is 20.3 Å². The molecular weight excluding hydrogens is 434 g/mol. The fourth-order valence-corrected chi connectivity index (χ4v) is 4.58. The monoisotopic (exact) mass is 465 g/mol. The number of hydrogen-bond acceptors (Lipinski definition) is 7. The molecule has 2 aromatic heterocycles. The number of carbonyl (C=O) groups excluding carboxylic acids is 1. The number of likely N-dealkylation sites (tertiary alicyclic amines) is 1. The Kier molecular flexibility index (Phi) is 6.53. The van der Waals surface area contributed by atoms with Gasteiger partial charge < -0.3 is 29.4 Å². The standard InChI is InChI=1S/C25H31N5O4/c1-3-5-12-32-18-6-7-19-24(34-15-33-19)20(18)22-23-21(27-14-28-22)17(13-26-23)25(31)29-16-8-10-30(4-2)11-9-16/h6-7,13-14,16,26H,3-5,8-12,15H2,1-2H3,(H,29,31). The molecule has 0 bridgehead atoms. The summed E-state index contributed by atoms with van der Waals surface area (Å²) in [6, 6.07) is 3.90. The number of aromatic nitrogens is 3. The third kappa shape index (κ3) is 4.27. The summed E-state index contributed by atoms with van der Waals surface area (Å²) in [5.74, 6) is 1.79. The van der Waals surface area contributed by atoms with Gasteiger partial charge in [0.05, 0.1) is 23.3 Å². The molecule has 0 atom stereocenters. The third-order valence-corrected chi connectivity index (χ3v) is 6.57. The lowest BCUT2D eigenvalue weighted by molar-refractivity contribution is 0.0914. The maximum absolute atomic E-state index is 13.1. The molecule has 9 nitrogen and oxygen atoms in total. The van der Waals surface area contributed by atoms with E-state index in [1.807, 2.05) is 12.1 Å². The number of H-pyrrole nitrogens is 1. The molecule has 9 heteroatoms. The van der Waals surface area contributed by atoms with Crippen LogP contribution in [0.5, 0.6) is 17.2 Å². The third-order valence-electron chi connectivity index (χ3n) is 6.57. The second-order valence-electron chi connectivity index (χ2n) is 8.70. The Morgan fingerprint density at radius 1 is 1.24 bits per heavy atom. The van der Waals surface area contributed by atoms with Crippen LogP contribution >= 0.6 is 0 Å². The summed E-state index contributed by atoms with van der Waals surface area (Å²) < 4.78 is 17.5. The van der Waals surface area contributed by atoms with E-state index in [-0.39, 0.29) is 18.7 Å². The molecule has 4 heterocycles. The first-order chi connectivity index (χ1) is 16.7. The number of nitrogens with zero attached hydrogens (tertiary/aromatic N) is 3. The first-order valence-corrected chi connectivity index (χ1v) is 12.1. The van der Waals surface area contributed by atoms with E-state index in [4.69, 9.17) is 14.2 Å². The molecule has 1 fully saturated rings. The van der Waals surface area contributed by atoms with Crippen LogP contribution in [0.25, 0.3) is 22.3 Å². The highest BCUT2D eigenvalue weighted by molar-refractivity contribution is 6.08. The summed E-state index contributed by atoms with van der Waals surface area (Å²) >= 11 is 0. The van der Waals surface area contributed by atoms with Gasteiger partial charge in [0, 0.05) is 25.3 Å². The van der Waals surface area contributed by atoms with Crippen LogP contribution in [0.15, 0.2) is 24.7 Å². The van der Waals surface area contributed by atoms with Gasteiger partial charge in [0.15, 0.2) is 11.5 Å². The lowest BCUT2D eigenvalue weighted by Crippen LogP contribution is -2.44. The Balaban J connectivity index is 1.46. The maximum Gasteiger partial charge on any atom is 0.255 e. The van der Waals surface area contributed by atoms with E-state index in [2.05, 4.69) is 39.0 Å². The lowest BCUT2D eigenvalue weighted by atomic mass is 10.0. The van der Waals surface area contributed by atoms with Crippen LogP contribution in [0, 0.1) is 0 Å². The van der Waals surface area contributed by atoms with Gasteiger partial charge in [-0.25, -0.2) is 9.97 Å². The van der Waals surface area contributed by atoms with Crippen molar-refractivity contribution in [2.45, 2.75) is 45.6 Å². The van der Waals surface area contributed by atoms with Gasteiger partial charge in [-0.3, -0.25) is 4.79 Å². The molecular formula is C25H31N5O4. The van der Waals surface area contributed by atoms with Crippen molar-refractivity contribution in [1.82, 2.24) is 25.2 Å². The first kappa shape index (κ1) is 22.5. The molecule has 2 aliphatic heterocycles. The molecule has 3 aromatic rings. The SMILES string of the molecule is CCCCOc1ccc2c(c1-c1ncnc3c(C(=O)NC4CCN(CC)CC4)c[nH]c13)OCO2. The number of aromatic amines is 1. The van der Waals surface area contributed by atoms with E-state index in [1.165, 1.54) is 6.33 Å². The number of rotatable bonds is 8. The number of fused-ring (bicyclic) bond motifs is 2. The summed E-state index contributed by atoms with van der Waals surface area (Å²) in [5.41, 5.74) is 3.07. The number of amides is 1. The number of hydrogen-bond donors (Lipinski definition) is 2. The van der Waals surface area contributed by atoms with Crippen molar-refractivity contribution in [2.24, 2.45) is 0 Å². The van der Waals surface area contributed by atoms with E-state index < -0.39 is 0 Å². The Morgan fingerprint density at radius 2 is 2.09 bits per heavy atom. The van der Waals surface area contributed by atoms with Crippen LogP contribution in [0.4, 0.5) is 0 Å². The number of nitrogens with one attached hydrogen (secondary N) is 2. The highest BCUT2D eigenvalue weighted by Gasteiger charge is 2.28. The summed E-state index contributed by atoms with van der Waals surface area (Å²) in [6.45, 7) is 8.08. The minimum Gasteiger partial charge on any atom is -0.493 e. The van der Waals surface area contributed by atoms with Gasteiger partial charge in [0.25, 0.3) is 5.91 Å². The predicted octanol–water partition coefficient (Wildman–Crippen LogP) is 3.75. The molecule has 2 aliphatic rings. The average Bonchev–Trinajstić information content (AvgIpc) is 3.52. The summed E-state index contributed by atoms with van der Waals surface area (Å²) in [6.07, 6.45) is 7.06. The van der Waals surface area contributed by atoms with Gasteiger partial charge in [0.1, 0.15) is 23.3 Å². The molecule has 0 radical (unpaired) electrons. The Labute approximate surface area is 198 Å². The molecule has 1 saturated heterocycles. The van der Waals surface area contributed by atoms with Crippen LogP contribution in [0.1, 0.15) is 49.9 Å². The minimum atomic E-state index is -0.122. The summed E-state index contributed by atoms with van der Waals surface area (Å²) in [5, 5.41) is 3.19. The molecule has 0 aliphatic carbocycles. The maximum atomic E-state index is 13.1. The number of piperidine rings is 1. The molecule has 5 rings (SSSR count). The van der Waals surface area contributed by atoms with Crippen molar-refractivity contribution in [1.29, 1.82) is 0 Å². The summed E-state index contributed by atoms with van der Waals surface area (Å²) in [4.78, 5) is 27.8. The number of carbonyl (C=O) groups is 1. The zero-order valence-electron chi connectivity index (χ0n) is 19.7. The minimum absolute atomic E-state index is 0.122. The van der Waals surface area contributed by atoms with Crippen LogP contribution in [-0.2, 0) is 0 Å². The van der Waals surface area contributed by atoms with E-state index >= 15 is 0 Å². The van der Waals surface area contributed by atoms with Crippen molar-refractivity contribution in [3.8, 4) is 28.5 Å². The quantitative estimate of drug-likeness (QED) is 0.489. The number of benzene rings is 1. The fourth-order valence-electron chi connectivity index (χ4n) is 4.58. The molecule has 1 amide bonds. The first-order valence-electron chi connectivity index (χ1n) is 12.1. The van der Waals surface area contributed by atoms with Gasteiger partial charge in [-0.2, -0.15) is 0 Å². The molecule has 180 valence electrons. The smallest absolute Gasteiger partial charge is 0.255 e. The van der Waals surface area contributed by atoms with Crippen molar-refractivity contribution in [3.63, 3.8) is 0 Å². The molecule has 34 heavy (non-hydrogen) atoms. The van der Waals surface area contributed by atoms with Gasteiger partial charge in [0.2, 0.25) is 6.79 Å². The topological polar surface area (TPSA) is 102 Å². The lowest BCUT2D eigenvalue weighted by Gasteiger charge is -2.31. The van der Waals surface area contributed by atoms with Crippen molar-refractivity contribution >= 4 is 16.9 Å². The number of ether oxygens (including phenoxy) is 3. The largest absolute Gasteiger partial charge is 0.493 e. The molecule has 2 N–H and O–H groups in total. The second kappa shape index (κ2) is 9.89. The molecule has 0 spiro atoms. The van der Waals surface area contributed by atoms with E-state index in [0.717, 1.165) is 45.3 Å². The molecule has 0 unspecified atom stereocenters. The highest BCUT2D eigenvalue weighted by atomic mass is 16.7. The van der Waals surface area contributed by atoms with Crippen molar-refractivity contribution in [2.75, 3.05) is 33.0 Å². The Hall–Kier alpha value is -3.33. The molecule has 1 aromatic carbocycles. The van der Waals surface area contributed by atoms with Crippen molar-refractivity contribution < 1.29 is 19.0 Å². The van der Waals surface area contributed by atoms with E-state index in [1.54, 1.807) is 6.20 Å². The van der Waals surface area contributed by atoms with Crippen LogP contribution in [-0.4, -0.2) is 64.8 Å². The van der Waals surface area contributed by atoms with E-state index in [9.17, 15) is 4.79 Å². The predicted molar refractivity (Wildman–Crippen MR) is 128 cm³/mol. The van der Waals surface area contributed by atoms with Gasteiger partial charge in [-0.05, 0) is 37.9 Å². The van der Waals surface area contributed by atoms with Crippen LogP contribution in [0.2, 0.25) is 0 Å². The highest BCUT2D eigenvalue weighted by Crippen LogP contribution is 2.47. The van der Waals surface area contributed by atoms with Gasteiger partial charge in [-0.15, -0.1) is 0 Å². The Morgan fingerprint density at radius 3 is 2.88 bits per heavy atom.